The molecule has 0 spiro atoms. The maximum atomic E-state index is 11.6. The lowest BCUT2D eigenvalue weighted by Crippen LogP contribution is -2.45. The fourth-order valence-corrected chi connectivity index (χ4v) is 1.96. The Labute approximate surface area is 92.4 Å². The third kappa shape index (κ3) is 4.08. The molecule has 1 fully saturated rings. The highest BCUT2D eigenvalue weighted by Gasteiger charge is 2.20. The first-order valence-electron chi connectivity index (χ1n) is 5.98. The van der Waals surface area contributed by atoms with Crippen LogP contribution in [0.1, 0.15) is 32.6 Å². The van der Waals surface area contributed by atoms with Crippen molar-refractivity contribution in [2.45, 2.75) is 38.6 Å². The summed E-state index contributed by atoms with van der Waals surface area (Å²) < 4.78 is 0. The average Bonchev–Trinajstić information content (AvgIpc) is 2.75. The second-order valence-electron chi connectivity index (χ2n) is 4.15. The number of nitrogens with one attached hydrogen (secondary N) is 2. The predicted molar refractivity (Wildman–Crippen MR) is 62.0 cm³/mol. The van der Waals surface area contributed by atoms with Gasteiger partial charge in [-0.15, -0.1) is 0 Å². The second kappa shape index (κ2) is 6.67. The molecule has 0 bridgehead atoms. The fourth-order valence-electron chi connectivity index (χ4n) is 1.96. The predicted octanol–water partition coefficient (Wildman–Crippen LogP) is 1.18. The number of nitrogens with zero attached hydrogens (tertiary/aromatic N) is 1. The molecule has 0 radical (unpaired) electrons. The van der Waals surface area contributed by atoms with Crippen molar-refractivity contribution in [1.82, 2.24) is 15.5 Å². The monoisotopic (exact) mass is 213 g/mol. The number of urea groups is 1. The highest BCUT2D eigenvalue weighted by molar-refractivity contribution is 5.73. The first-order valence-corrected chi connectivity index (χ1v) is 5.98. The van der Waals surface area contributed by atoms with E-state index < -0.39 is 0 Å². The van der Waals surface area contributed by atoms with Crippen molar-refractivity contribution in [3.63, 3.8) is 0 Å². The summed E-state index contributed by atoms with van der Waals surface area (Å²) in [4.78, 5) is 13.5. The summed E-state index contributed by atoms with van der Waals surface area (Å²) in [6, 6.07) is 0.552. The molecule has 1 aliphatic rings. The molecule has 88 valence electrons. The number of hydrogen-bond donors (Lipinski definition) is 2. The van der Waals surface area contributed by atoms with Crippen LogP contribution in [0.4, 0.5) is 4.79 Å². The zero-order valence-corrected chi connectivity index (χ0v) is 9.88. The van der Waals surface area contributed by atoms with Crippen LogP contribution in [0.3, 0.4) is 0 Å². The van der Waals surface area contributed by atoms with Crippen LogP contribution in [0.2, 0.25) is 0 Å². The minimum absolute atomic E-state index is 0.0529. The lowest BCUT2D eigenvalue weighted by molar-refractivity contribution is 0.193. The summed E-state index contributed by atoms with van der Waals surface area (Å²) in [5, 5.41) is 6.13. The fraction of sp³-hybridized carbons (Fsp3) is 0.909. The van der Waals surface area contributed by atoms with Crippen LogP contribution in [0.5, 0.6) is 0 Å². The lowest BCUT2D eigenvalue weighted by Gasteiger charge is -2.25. The van der Waals surface area contributed by atoms with Gasteiger partial charge in [0, 0.05) is 26.2 Å². The number of rotatable bonds is 5. The molecule has 0 saturated carbocycles. The minimum Gasteiger partial charge on any atom is -0.341 e. The molecule has 15 heavy (non-hydrogen) atoms. The van der Waals surface area contributed by atoms with Gasteiger partial charge in [0.25, 0.3) is 0 Å². The highest BCUT2D eigenvalue weighted by atomic mass is 16.2. The molecule has 1 heterocycles. The second-order valence-corrected chi connectivity index (χ2v) is 4.15. The molecule has 1 rings (SSSR count). The maximum absolute atomic E-state index is 11.6. The first kappa shape index (κ1) is 12.3. The standard InChI is InChI=1S/C11H23N3O/c1-3-4-8-14(11(15)12-2)9-10-6-5-7-13-10/h10,13H,3-9H2,1-2H3,(H,12,15). The van der Waals surface area contributed by atoms with Gasteiger partial charge in [0.15, 0.2) is 0 Å². The van der Waals surface area contributed by atoms with Crippen LogP contribution >= 0.6 is 0 Å². The van der Waals surface area contributed by atoms with E-state index in [1.165, 1.54) is 12.8 Å². The molecule has 0 aromatic heterocycles. The molecule has 0 aromatic carbocycles. The van der Waals surface area contributed by atoms with Crippen molar-refractivity contribution >= 4 is 6.03 Å². The SMILES string of the molecule is CCCCN(CC1CCCN1)C(=O)NC. The molecular weight excluding hydrogens is 190 g/mol. The van der Waals surface area contributed by atoms with Crippen LogP contribution in [0.15, 0.2) is 0 Å². The minimum atomic E-state index is 0.0529. The molecule has 0 aromatic rings. The van der Waals surface area contributed by atoms with Crippen LogP contribution in [0, 0.1) is 0 Å². The maximum Gasteiger partial charge on any atom is 0.317 e. The summed E-state index contributed by atoms with van der Waals surface area (Å²) >= 11 is 0. The van der Waals surface area contributed by atoms with Crippen molar-refractivity contribution in [2.24, 2.45) is 0 Å². The van der Waals surface area contributed by atoms with Crippen molar-refractivity contribution in [3.8, 4) is 0 Å². The number of amides is 2. The van der Waals surface area contributed by atoms with Gasteiger partial charge in [-0.25, -0.2) is 4.79 Å². The largest absolute Gasteiger partial charge is 0.341 e. The molecule has 2 N–H and O–H groups in total. The van der Waals surface area contributed by atoms with Gasteiger partial charge in [-0.1, -0.05) is 13.3 Å². The van der Waals surface area contributed by atoms with E-state index in [2.05, 4.69) is 17.6 Å². The van der Waals surface area contributed by atoms with E-state index in [1.54, 1.807) is 7.05 Å². The van der Waals surface area contributed by atoms with Gasteiger partial charge in [-0.2, -0.15) is 0 Å². The number of hydrogen-bond acceptors (Lipinski definition) is 2. The first-order chi connectivity index (χ1) is 7.27. The Morgan fingerprint density at radius 1 is 1.60 bits per heavy atom. The molecule has 4 heteroatoms. The molecule has 1 unspecified atom stereocenters. The zero-order chi connectivity index (χ0) is 11.1. The summed E-state index contributed by atoms with van der Waals surface area (Å²) in [5.74, 6) is 0. The quantitative estimate of drug-likeness (QED) is 0.720. The molecule has 2 amide bonds. The van der Waals surface area contributed by atoms with Gasteiger partial charge in [0.05, 0.1) is 0 Å². The van der Waals surface area contributed by atoms with E-state index in [0.29, 0.717) is 6.04 Å². The summed E-state index contributed by atoms with van der Waals surface area (Å²) in [5.41, 5.74) is 0. The highest BCUT2D eigenvalue weighted by Crippen LogP contribution is 2.07. The van der Waals surface area contributed by atoms with E-state index >= 15 is 0 Å². The molecule has 1 atom stereocenters. The lowest BCUT2D eigenvalue weighted by atomic mass is 10.2. The Morgan fingerprint density at radius 3 is 2.93 bits per heavy atom. The average molecular weight is 213 g/mol. The molecule has 4 nitrogen and oxygen atoms in total. The van der Waals surface area contributed by atoms with Gasteiger partial charge in [-0.05, 0) is 25.8 Å². The summed E-state index contributed by atoms with van der Waals surface area (Å²) in [6.45, 7) is 4.96. The van der Waals surface area contributed by atoms with Gasteiger partial charge >= 0.3 is 6.03 Å². The number of unbranched alkanes of at least 4 members (excludes halogenated alkanes) is 1. The van der Waals surface area contributed by atoms with Gasteiger partial charge < -0.3 is 15.5 Å². The number of carbonyl (C=O) groups is 1. The zero-order valence-electron chi connectivity index (χ0n) is 9.88. The van der Waals surface area contributed by atoms with E-state index in [9.17, 15) is 4.79 Å². The van der Waals surface area contributed by atoms with Crippen molar-refractivity contribution in [1.29, 1.82) is 0 Å². The third-order valence-corrected chi connectivity index (χ3v) is 2.89. The van der Waals surface area contributed by atoms with E-state index in [4.69, 9.17) is 0 Å². The van der Waals surface area contributed by atoms with Gasteiger partial charge in [0.2, 0.25) is 0 Å². The molecule has 0 aliphatic carbocycles. The Morgan fingerprint density at radius 2 is 2.40 bits per heavy atom. The van der Waals surface area contributed by atoms with Crippen LogP contribution < -0.4 is 10.6 Å². The molecular formula is C11H23N3O. The van der Waals surface area contributed by atoms with Crippen LogP contribution in [-0.4, -0.2) is 43.7 Å². The van der Waals surface area contributed by atoms with E-state index in [0.717, 1.165) is 32.5 Å². The third-order valence-electron chi connectivity index (χ3n) is 2.89. The smallest absolute Gasteiger partial charge is 0.317 e. The van der Waals surface area contributed by atoms with Gasteiger partial charge in [-0.3, -0.25) is 0 Å². The normalized spacial score (nSPS) is 20.3. The topological polar surface area (TPSA) is 44.4 Å². The van der Waals surface area contributed by atoms with E-state index in [1.807, 2.05) is 4.90 Å². The Bertz CT molecular complexity index is 190. The van der Waals surface area contributed by atoms with Gasteiger partial charge in [0.1, 0.15) is 0 Å². The molecule has 1 saturated heterocycles. The summed E-state index contributed by atoms with van der Waals surface area (Å²) in [7, 11) is 1.70. The van der Waals surface area contributed by atoms with Crippen LogP contribution in [-0.2, 0) is 0 Å². The molecule has 1 aliphatic heterocycles. The van der Waals surface area contributed by atoms with Crippen LogP contribution in [0.25, 0.3) is 0 Å². The van der Waals surface area contributed by atoms with Crippen molar-refractivity contribution < 1.29 is 4.79 Å². The Kier molecular flexibility index (Phi) is 5.47. The Hall–Kier alpha value is -0.770. The van der Waals surface area contributed by atoms with Crippen molar-refractivity contribution in [2.75, 3.05) is 26.7 Å². The number of carbonyl (C=O) groups excluding carboxylic acids is 1. The van der Waals surface area contributed by atoms with Crippen molar-refractivity contribution in [3.05, 3.63) is 0 Å². The Balaban J connectivity index is 2.36. The van der Waals surface area contributed by atoms with E-state index in [-0.39, 0.29) is 6.03 Å². The summed E-state index contributed by atoms with van der Waals surface area (Å²) in [6.07, 6.45) is 4.64.